The minimum Gasteiger partial charge on any atom is -0.378 e. The number of aromatic nitrogens is 2. The number of nitrogens with zero attached hydrogens (tertiary/aromatic N) is 2. The maximum absolute atomic E-state index is 14.0. The lowest BCUT2D eigenvalue weighted by Crippen LogP contribution is -2.41. The smallest absolute Gasteiger partial charge is 0.257 e. The number of H-pyrrole nitrogens is 1. The zero-order valence-corrected chi connectivity index (χ0v) is 15.3. The van der Waals surface area contributed by atoms with Crippen molar-refractivity contribution in [1.29, 1.82) is 0 Å². The van der Waals surface area contributed by atoms with Crippen LogP contribution in [0.1, 0.15) is 29.6 Å². The summed E-state index contributed by atoms with van der Waals surface area (Å²) in [5, 5.41) is 6.70. The summed E-state index contributed by atoms with van der Waals surface area (Å²) in [5.74, 6) is -0.514. The van der Waals surface area contributed by atoms with Gasteiger partial charge in [0.05, 0.1) is 23.6 Å². The predicted molar refractivity (Wildman–Crippen MR) is 99.8 cm³/mol. The van der Waals surface area contributed by atoms with Gasteiger partial charge in [-0.2, -0.15) is 5.10 Å². The van der Waals surface area contributed by atoms with Gasteiger partial charge in [-0.05, 0) is 37.9 Å². The third-order valence-electron chi connectivity index (χ3n) is 4.44. The Balaban J connectivity index is 0.00000243. The average molecular weight is 383 g/mol. The number of amides is 1. The molecule has 3 rings (SSSR count). The van der Waals surface area contributed by atoms with E-state index in [4.69, 9.17) is 10.5 Å². The van der Waals surface area contributed by atoms with Gasteiger partial charge in [0.2, 0.25) is 0 Å². The topological polar surface area (TPSA) is 84.2 Å². The lowest BCUT2D eigenvalue weighted by atomic mass is 10.0. The molecule has 1 amide bonds. The second-order valence-electron chi connectivity index (χ2n) is 6.14. The van der Waals surface area contributed by atoms with Gasteiger partial charge in [-0.3, -0.25) is 9.89 Å². The van der Waals surface area contributed by atoms with E-state index in [0.717, 1.165) is 19.3 Å². The molecule has 0 saturated carbocycles. The molecular weight excluding hydrogens is 359 g/mol. The second-order valence-corrected chi connectivity index (χ2v) is 6.14. The number of carbonyl (C=O) groups is 1. The number of nitrogens with one attached hydrogen (secondary N) is 1. The number of benzene rings is 1. The van der Waals surface area contributed by atoms with E-state index < -0.39 is 0 Å². The quantitative estimate of drug-likeness (QED) is 0.752. The van der Waals surface area contributed by atoms with Crippen LogP contribution in [0.25, 0.3) is 11.3 Å². The Hall–Kier alpha value is -1.96. The molecule has 0 bridgehead atoms. The number of carbonyl (C=O) groups excluding carboxylic acids is 1. The number of likely N-dealkylation sites (tertiary alicyclic amines) is 1. The first-order valence-electron chi connectivity index (χ1n) is 8.60. The van der Waals surface area contributed by atoms with Crippen LogP contribution in [0, 0.1) is 5.82 Å². The number of hydrogen-bond acceptors (Lipinski definition) is 4. The van der Waals surface area contributed by atoms with Gasteiger partial charge < -0.3 is 15.4 Å². The molecule has 1 fully saturated rings. The monoisotopic (exact) mass is 382 g/mol. The normalized spacial score (nSPS) is 14.9. The van der Waals surface area contributed by atoms with Crippen molar-refractivity contribution in [1.82, 2.24) is 15.1 Å². The highest BCUT2D eigenvalue weighted by Gasteiger charge is 2.27. The minimum atomic E-state index is -0.382. The van der Waals surface area contributed by atoms with E-state index >= 15 is 0 Å². The first kappa shape index (κ1) is 20.4. The molecule has 2 heterocycles. The fraction of sp³-hybridized carbons (Fsp3) is 0.444. The summed E-state index contributed by atoms with van der Waals surface area (Å²) in [5.41, 5.74) is 6.63. The second kappa shape index (κ2) is 9.66. The van der Waals surface area contributed by atoms with Gasteiger partial charge in [0.15, 0.2) is 0 Å². The van der Waals surface area contributed by atoms with Crippen molar-refractivity contribution < 1.29 is 13.9 Å². The Kier molecular flexibility index (Phi) is 7.56. The third-order valence-corrected chi connectivity index (χ3v) is 4.44. The Labute approximate surface area is 158 Å². The van der Waals surface area contributed by atoms with Crippen molar-refractivity contribution in [3.05, 3.63) is 41.8 Å². The van der Waals surface area contributed by atoms with Crippen LogP contribution in [-0.2, 0) is 4.74 Å². The number of ether oxygens (including phenoxy) is 1. The predicted octanol–water partition coefficient (Wildman–Crippen LogP) is 2.61. The van der Waals surface area contributed by atoms with Crippen molar-refractivity contribution in [2.75, 3.05) is 26.2 Å². The van der Waals surface area contributed by atoms with Gasteiger partial charge in [-0.25, -0.2) is 4.39 Å². The van der Waals surface area contributed by atoms with Crippen LogP contribution in [-0.4, -0.2) is 53.3 Å². The number of hydrogen-bond donors (Lipinski definition) is 2. The molecule has 0 aliphatic carbocycles. The SMILES string of the molecule is Cl.NCCCOC1CCN(C(=O)c2cn[nH]c2-c2ccccc2F)CC1. The number of rotatable bonds is 6. The van der Waals surface area contributed by atoms with E-state index in [1.165, 1.54) is 12.3 Å². The lowest BCUT2D eigenvalue weighted by Gasteiger charge is -2.32. The molecule has 0 unspecified atom stereocenters. The largest absolute Gasteiger partial charge is 0.378 e. The van der Waals surface area contributed by atoms with Gasteiger partial charge >= 0.3 is 0 Å². The van der Waals surface area contributed by atoms with Crippen molar-refractivity contribution in [3.63, 3.8) is 0 Å². The molecule has 1 aromatic heterocycles. The van der Waals surface area contributed by atoms with Crippen LogP contribution in [0.15, 0.2) is 30.5 Å². The maximum Gasteiger partial charge on any atom is 0.257 e. The number of halogens is 2. The van der Waals surface area contributed by atoms with Crippen molar-refractivity contribution in [2.45, 2.75) is 25.4 Å². The molecule has 1 aliphatic heterocycles. The van der Waals surface area contributed by atoms with Gasteiger partial charge in [-0.15, -0.1) is 12.4 Å². The first-order valence-corrected chi connectivity index (χ1v) is 8.60. The van der Waals surface area contributed by atoms with Crippen LogP contribution in [0.3, 0.4) is 0 Å². The van der Waals surface area contributed by atoms with Crippen LogP contribution < -0.4 is 5.73 Å². The summed E-state index contributed by atoms with van der Waals surface area (Å²) in [6.45, 7) is 2.52. The Bertz CT molecular complexity index is 717. The van der Waals surface area contributed by atoms with Crippen LogP contribution in [0.5, 0.6) is 0 Å². The molecule has 0 atom stereocenters. The summed E-state index contributed by atoms with van der Waals surface area (Å²) < 4.78 is 19.8. The molecule has 1 aromatic carbocycles. The van der Waals surface area contributed by atoms with Crippen molar-refractivity contribution in [2.24, 2.45) is 5.73 Å². The highest BCUT2D eigenvalue weighted by atomic mass is 35.5. The Morgan fingerprint density at radius 1 is 1.35 bits per heavy atom. The summed E-state index contributed by atoms with van der Waals surface area (Å²) >= 11 is 0. The minimum absolute atomic E-state index is 0. The van der Waals surface area contributed by atoms with E-state index in [1.54, 1.807) is 23.1 Å². The van der Waals surface area contributed by atoms with E-state index in [-0.39, 0.29) is 30.2 Å². The maximum atomic E-state index is 14.0. The summed E-state index contributed by atoms with van der Waals surface area (Å²) in [6, 6.07) is 6.36. The molecule has 8 heteroatoms. The van der Waals surface area contributed by atoms with Crippen LogP contribution >= 0.6 is 12.4 Å². The molecule has 6 nitrogen and oxygen atoms in total. The lowest BCUT2D eigenvalue weighted by molar-refractivity contribution is 0.00847. The van der Waals surface area contributed by atoms with Crippen molar-refractivity contribution >= 4 is 18.3 Å². The number of nitrogens with two attached hydrogens (primary N) is 1. The molecule has 2 aromatic rings. The zero-order chi connectivity index (χ0) is 17.6. The van der Waals surface area contributed by atoms with Gasteiger partial charge in [0.1, 0.15) is 5.82 Å². The van der Waals surface area contributed by atoms with Gasteiger partial charge in [0, 0.05) is 25.3 Å². The van der Waals surface area contributed by atoms with E-state index in [9.17, 15) is 9.18 Å². The van der Waals surface area contributed by atoms with Crippen molar-refractivity contribution in [3.8, 4) is 11.3 Å². The Morgan fingerprint density at radius 2 is 2.08 bits per heavy atom. The highest BCUT2D eigenvalue weighted by molar-refractivity contribution is 5.99. The molecule has 0 spiro atoms. The molecule has 142 valence electrons. The Morgan fingerprint density at radius 3 is 2.77 bits per heavy atom. The molecule has 26 heavy (non-hydrogen) atoms. The zero-order valence-electron chi connectivity index (χ0n) is 14.5. The van der Waals surface area contributed by atoms with E-state index in [1.807, 2.05) is 0 Å². The van der Waals surface area contributed by atoms with Crippen LogP contribution in [0.2, 0.25) is 0 Å². The highest BCUT2D eigenvalue weighted by Crippen LogP contribution is 2.26. The third kappa shape index (κ3) is 4.60. The fourth-order valence-corrected chi connectivity index (χ4v) is 3.05. The summed E-state index contributed by atoms with van der Waals surface area (Å²) in [6.07, 6.45) is 4.08. The standard InChI is InChI=1S/C18H23FN4O2.ClH/c19-16-5-2-1-4-14(16)17-15(12-21-22-17)18(24)23-9-6-13(7-10-23)25-11-3-8-20;/h1-2,4-5,12-13H,3,6-11,20H2,(H,21,22);1H. The molecule has 0 radical (unpaired) electrons. The molecule has 1 aliphatic rings. The van der Waals surface area contributed by atoms with Gasteiger partial charge in [0.25, 0.3) is 5.91 Å². The van der Waals surface area contributed by atoms with E-state index in [0.29, 0.717) is 43.1 Å². The summed E-state index contributed by atoms with van der Waals surface area (Å²) in [4.78, 5) is 14.6. The summed E-state index contributed by atoms with van der Waals surface area (Å²) in [7, 11) is 0. The molecule has 1 saturated heterocycles. The number of aromatic amines is 1. The molecule has 3 N–H and O–H groups in total. The van der Waals surface area contributed by atoms with Gasteiger partial charge in [-0.1, -0.05) is 12.1 Å². The first-order chi connectivity index (χ1) is 12.2. The van der Waals surface area contributed by atoms with Crippen LogP contribution in [0.4, 0.5) is 4.39 Å². The average Bonchev–Trinajstić information content (AvgIpc) is 3.12. The number of piperidine rings is 1. The van der Waals surface area contributed by atoms with E-state index in [2.05, 4.69) is 10.2 Å². The fourth-order valence-electron chi connectivity index (χ4n) is 3.05. The molecular formula is C18H24ClFN4O2.